The molecule has 7 heteroatoms. The van der Waals surface area contributed by atoms with Gasteiger partial charge in [-0.05, 0) is 23.8 Å². The third kappa shape index (κ3) is 5.80. The number of nitrogens with zero attached hydrogens (tertiary/aromatic N) is 1. The Morgan fingerprint density at radius 3 is 2.40 bits per heavy atom. The van der Waals surface area contributed by atoms with Gasteiger partial charge in [-0.15, -0.1) is 0 Å². The van der Waals surface area contributed by atoms with Crippen molar-refractivity contribution < 1.29 is 19.1 Å². The largest absolute Gasteiger partial charge is 0.497 e. The molecule has 1 heterocycles. The van der Waals surface area contributed by atoms with Crippen molar-refractivity contribution in [3.05, 3.63) is 53.9 Å². The van der Waals surface area contributed by atoms with Gasteiger partial charge in [-0.25, -0.2) is 0 Å². The van der Waals surface area contributed by atoms with Crippen molar-refractivity contribution in [3.8, 4) is 11.5 Å². The van der Waals surface area contributed by atoms with Crippen LogP contribution in [0.25, 0.3) is 0 Å². The van der Waals surface area contributed by atoms with Crippen molar-refractivity contribution in [2.24, 2.45) is 0 Å². The Labute approximate surface area is 146 Å². The van der Waals surface area contributed by atoms with E-state index in [1.165, 1.54) is 14.2 Å². The lowest BCUT2D eigenvalue weighted by Gasteiger charge is -2.09. The zero-order valence-electron chi connectivity index (χ0n) is 14.2. The molecule has 2 N–H and O–H groups in total. The van der Waals surface area contributed by atoms with Crippen molar-refractivity contribution in [2.75, 3.05) is 20.8 Å². The second-order valence-electron chi connectivity index (χ2n) is 5.25. The minimum absolute atomic E-state index is 0.146. The van der Waals surface area contributed by atoms with Crippen molar-refractivity contribution in [2.45, 2.75) is 13.0 Å². The highest BCUT2D eigenvalue weighted by atomic mass is 16.5. The van der Waals surface area contributed by atoms with Crippen molar-refractivity contribution in [1.82, 2.24) is 15.6 Å². The number of rotatable bonds is 8. The van der Waals surface area contributed by atoms with E-state index >= 15 is 0 Å². The van der Waals surface area contributed by atoms with Crippen LogP contribution in [0.5, 0.6) is 11.5 Å². The summed E-state index contributed by atoms with van der Waals surface area (Å²) in [5, 5.41) is 5.49. The monoisotopic (exact) mass is 343 g/mol. The molecule has 0 saturated carbocycles. The van der Waals surface area contributed by atoms with Gasteiger partial charge in [-0.2, -0.15) is 0 Å². The molecule has 25 heavy (non-hydrogen) atoms. The maximum Gasteiger partial charge on any atom is 0.251 e. The molecule has 2 rings (SSSR count). The fourth-order valence-corrected chi connectivity index (χ4v) is 2.12. The summed E-state index contributed by atoms with van der Waals surface area (Å²) in [5.74, 6) is 0.613. The van der Waals surface area contributed by atoms with E-state index in [1.54, 1.807) is 30.6 Å². The second-order valence-corrected chi connectivity index (χ2v) is 5.25. The first-order valence-corrected chi connectivity index (χ1v) is 7.79. The van der Waals surface area contributed by atoms with E-state index in [4.69, 9.17) is 9.47 Å². The van der Waals surface area contributed by atoms with E-state index in [2.05, 4.69) is 15.6 Å². The number of ether oxygens (including phenoxy) is 2. The number of nitrogens with one attached hydrogen (secondary N) is 2. The van der Waals surface area contributed by atoms with Crippen LogP contribution in [-0.4, -0.2) is 37.6 Å². The van der Waals surface area contributed by atoms with Gasteiger partial charge in [-0.3, -0.25) is 14.6 Å². The van der Waals surface area contributed by atoms with Gasteiger partial charge in [0.1, 0.15) is 11.5 Å². The Morgan fingerprint density at radius 2 is 1.80 bits per heavy atom. The topological polar surface area (TPSA) is 89.5 Å². The summed E-state index contributed by atoms with van der Waals surface area (Å²) < 4.78 is 10.3. The fraction of sp³-hybridized carbons (Fsp3) is 0.278. The summed E-state index contributed by atoms with van der Waals surface area (Å²) in [4.78, 5) is 28.0. The van der Waals surface area contributed by atoms with Gasteiger partial charge in [0.2, 0.25) is 5.91 Å². The molecular weight excluding hydrogens is 322 g/mol. The molecule has 7 nitrogen and oxygen atoms in total. The van der Waals surface area contributed by atoms with E-state index in [-0.39, 0.29) is 24.8 Å². The van der Waals surface area contributed by atoms with Gasteiger partial charge in [-0.1, -0.05) is 6.07 Å². The lowest BCUT2D eigenvalue weighted by Crippen LogP contribution is -2.30. The molecule has 0 unspecified atom stereocenters. The fourth-order valence-electron chi connectivity index (χ4n) is 2.12. The summed E-state index contributed by atoms with van der Waals surface area (Å²) >= 11 is 0. The van der Waals surface area contributed by atoms with Crippen molar-refractivity contribution in [3.63, 3.8) is 0 Å². The molecule has 0 fully saturated rings. The Balaban J connectivity index is 1.79. The van der Waals surface area contributed by atoms with E-state index < -0.39 is 0 Å². The van der Waals surface area contributed by atoms with E-state index in [9.17, 15) is 9.59 Å². The van der Waals surface area contributed by atoms with Crippen LogP contribution >= 0.6 is 0 Å². The Bertz CT molecular complexity index is 697. The average molecular weight is 343 g/mol. The molecule has 0 aliphatic rings. The van der Waals surface area contributed by atoms with E-state index in [0.29, 0.717) is 23.6 Å². The molecule has 132 valence electrons. The molecule has 1 aromatic carbocycles. The average Bonchev–Trinajstić information content (AvgIpc) is 2.66. The second kappa shape index (κ2) is 9.27. The first kappa shape index (κ1) is 18.3. The molecule has 0 spiro atoms. The quantitative estimate of drug-likeness (QED) is 0.759. The predicted molar refractivity (Wildman–Crippen MR) is 92.6 cm³/mol. The number of hydrogen-bond acceptors (Lipinski definition) is 5. The molecule has 1 aromatic heterocycles. The molecule has 0 saturated heterocycles. The summed E-state index contributed by atoms with van der Waals surface area (Å²) in [7, 11) is 3.03. The molecule has 0 bridgehead atoms. The van der Waals surface area contributed by atoms with Gasteiger partial charge in [0, 0.05) is 43.5 Å². The summed E-state index contributed by atoms with van der Waals surface area (Å²) in [6.07, 6.45) is 3.56. The van der Waals surface area contributed by atoms with Crippen LogP contribution in [0.2, 0.25) is 0 Å². The SMILES string of the molecule is COc1cc(OC)cc(C(=O)NCCC(=O)NCc2cccnc2)c1. The lowest BCUT2D eigenvalue weighted by atomic mass is 10.2. The summed E-state index contributed by atoms with van der Waals surface area (Å²) in [6.45, 7) is 0.644. The number of amides is 2. The Kier molecular flexibility index (Phi) is 6.76. The van der Waals surface area contributed by atoms with Crippen LogP contribution in [0, 0.1) is 0 Å². The molecule has 0 atom stereocenters. The minimum Gasteiger partial charge on any atom is -0.497 e. The minimum atomic E-state index is -0.294. The summed E-state index contributed by atoms with van der Waals surface area (Å²) in [5.41, 5.74) is 1.33. The lowest BCUT2D eigenvalue weighted by molar-refractivity contribution is -0.121. The first-order chi connectivity index (χ1) is 12.1. The molecule has 2 amide bonds. The first-order valence-electron chi connectivity index (χ1n) is 7.79. The number of benzene rings is 1. The van der Waals surface area contributed by atoms with Crippen molar-refractivity contribution >= 4 is 11.8 Å². The highest BCUT2D eigenvalue weighted by Gasteiger charge is 2.10. The van der Waals surface area contributed by atoms with Crippen LogP contribution < -0.4 is 20.1 Å². The zero-order valence-corrected chi connectivity index (χ0v) is 14.2. The van der Waals surface area contributed by atoms with Crippen LogP contribution in [0.3, 0.4) is 0 Å². The number of carbonyl (C=O) groups excluding carboxylic acids is 2. The highest BCUT2D eigenvalue weighted by molar-refractivity contribution is 5.95. The smallest absolute Gasteiger partial charge is 0.251 e. The Morgan fingerprint density at radius 1 is 1.08 bits per heavy atom. The number of carbonyl (C=O) groups is 2. The maximum atomic E-state index is 12.2. The number of hydrogen-bond donors (Lipinski definition) is 2. The third-order valence-electron chi connectivity index (χ3n) is 3.46. The highest BCUT2D eigenvalue weighted by Crippen LogP contribution is 2.22. The molecule has 0 aliphatic heterocycles. The van der Waals surface area contributed by atoms with Gasteiger partial charge in [0.05, 0.1) is 14.2 Å². The van der Waals surface area contributed by atoms with Crippen LogP contribution in [0.1, 0.15) is 22.3 Å². The molecule has 0 aliphatic carbocycles. The normalized spacial score (nSPS) is 10.0. The molecular formula is C18H21N3O4. The van der Waals surface area contributed by atoms with Gasteiger partial charge in [0.15, 0.2) is 0 Å². The number of methoxy groups -OCH3 is 2. The molecule has 0 radical (unpaired) electrons. The predicted octanol–water partition coefficient (Wildman–Crippen LogP) is 1.54. The third-order valence-corrected chi connectivity index (χ3v) is 3.46. The van der Waals surface area contributed by atoms with Crippen LogP contribution in [0.4, 0.5) is 0 Å². The van der Waals surface area contributed by atoms with Crippen LogP contribution in [0.15, 0.2) is 42.7 Å². The number of pyridine rings is 1. The van der Waals surface area contributed by atoms with Crippen LogP contribution in [-0.2, 0) is 11.3 Å². The van der Waals surface area contributed by atoms with Gasteiger partial charge >= 0.3 is 0 Å². The molecule has 2 aromatic rings. The maximum absolute atomic E-state index is 12.2. The van der Waals surface area contributed by atoms with E-state index in [0.717, 1.165) is 5.56 Å². The van der Waals surface area contributed by atoms with Gasteiger partial charge < -0.3 is 20.1 Å². The van der Waals surface area contributed by atoms with E-state index in [1.807, 2.05) is 12.1 Å². The Hall–Kier alpha value is -3.09. The standard InChI is InChI=1S/C18H21N3O4/c1-24-15-8-14(9-16(10-15)25-2)18(23)20-7-5-17(22)21-12-13-4-3-6-19-11-13/h3-4,6,8-11H,5,7,12H2,1-2H3,(H,20,23)(H,21,22). The summed E-state index contributed by atoms with van der Waals surface area (Å²) in [6, 6.07) is 8.60. The number of aromatic nitrogens is 1. The van der Waals surface area contributed by atoms with Crippen molar-refractivity contribution in [1.29, 1.82) is 0 Å². The van der Waals surface area contributed by atoms with Gasteiger partial charge in [0.25, 0.3) is 5.91 Å². The zero-order chi connectivity index (χ0) is 18.1.